The Morgan fingerprint density at radius 3 is 2.70 bits per heavy atom. The molecular formula is C15H25N3O2. The van der Waals surface area contributed by atoms with Crippen molar-refractivity contribution in [2.24, 2.45) is 0 Å². The van der Waals surface area contributed by atoms with Gasteiger partial charge in [-0.3, -0.25) is 4.98 Å². The van der Waals surface area contributed by atoms with Crippen molar-refractivity contribution in [2.45, 2.75) is 25.8 Å². The highest BCUT2D eigenvalue weighted by atomic mass is 16.5. The lowest BCUT2D eigenvalue weighted by Crippen LogP contribution is -2.35. The number of aromatic nitrogens is 1. The fourth-order valence-corrected chi connectivity index (χ4v) is 2.60. The summed E-state index contributed by atoms with van der Waals surface area (Å²) in [6.45, 7) is 5.26. The number of likely N-dealkylation sites (tertiary alicyclic amines) is 1. The van der Waals surface area contributed by atoms with Crippen LogP contribution in [0.25, 0.3) is 0 Å². The summed E-state index contributed by atoms with van der Waals surface area (Å²) in [5.74, 6) is 1.45. The molecule has 112 valence electrons. The topological polar surface area (TPSA) is 46.6 Å². The molecule has 2 rings (SSSR count). The maximum absolute atomic E-state index is 5.38. The molecular weight excluding hydrogens is 254 g/mol. The van der Waals surface area contributed by atoms with Crippen molar-refractivity contribution in [3.8, 4) is 11.5 Å². The molecule has 0 unspecified atom stereocenters. The molecule has 0 aliphatic carbocycles. The number of ether oxygens (including phenoxy) is 2. The first-order chi connectivity index (χ1) is 9.85. The van der Waals surface area contributed by atoms with Crippen molar-refractivity contribution in [1.82, 2.24) is 15.2 Å². The zero-order valence-electron chi connectivity index (χ0n) is 12.5. The highest BCUT2D eigenvalue weighted by Gasteiger charge is 2.11. The number of nitrogens with one attached hydrogen (secondary N) is 1. The summed E-state index contributed by atoms with van der Waals surface area (Å²) < 4.78 is 10.7. The smallest absolute Gasteiger partial charge is 0.183 e. The van der Waals surface area contributed by atoms with E-state index in [0.29, 0.717) is 6.54 Å². The van der Waals surface area contributed by atoms with Gasteiger partial charge in [-0.1, -0.05) is 6.42 Å². The number of hydrogen-bond donors (Lipinski definition) is 1. The number of hydrogen-bond acceptors (Lipinski definition) is 5. The van der Waals surface area contributed by atoms with Gasteiger partial charge in [-0.15, -0.1) is 0 Å². The van der Waals surface area contributed by atoms with Crippen LogP contribution < -0.4 is 14.8 Å². The maximum atomic E-state index is 5.38. The van der Waals surface area contributed by atoms with E-state index in [1.807, 2.05) is 6.07 Å². The molecule has 1 aromatic rings. The van der Waals surface area contributed by atoms with Gasteiger partial charge < -0.3 is 19.7 Å². The SMILES string of the molecule is COc1ccnc(CNCCN2CCCCC2)c1OC. The lowest BCUT2D eigenvalue weighted by atomic mass is 10.1. The molecule has 0 bridgehead atoms. The minimum Gasteiger partial charge on any atom is -0.493 e. The van der Waals surface area contributed by atoms with Crippen molar-refractivity contribution < 1.29 is 9.47 Å². The molecule has 1 N–H and O–H groups in total. The predicted molar refractivity (Wildman–Crippen MR) is 79.3 cm³/mol. The third kappa shape index (κ3) is 4.08. The molecule has 0 aromatic carbocycles. The molecule has 0 atom stereocenters. The summed E-state index contributed by atoms with van der Waals surface area (Å²) in [4.78, 5) is 6.88. The Hall–Kier alpha value is -1.33. The quantitative estimate of drug-likeness (QED) is 0.769. The van der Waals surface area contributed by atoms with Crippen molar-refractivity contribution in [3.63, 3.8) is 0 Å². The molecule has 1 aromatic heterocycles. The monoisotopic (exact) mass is 279 g/mol. The second kappa shape index (κ2) is 8.07. The third-order valence-electron chi connectivity index (χ3n) is 3.71. The molecule has 0 amide bonds. The first-order valence-corrected chi connectivity index (χ1v) is 7.34. The Balaban J connectivity index is 1.78. The van der Waals surface area contributed by atoms with Gasteiger partial charge in [0, 0.05) is 31.9 Å². The highest BCUT2D eigenvalue weighted by Crippen LogP contribution is 2.28. The normalized spacial score (nSPS) is 16.1. The van der Waals surface area contributed by atoms with Gasteiger partial charge in [-0.25, -0.2) is 0 Å². The van der Waals surface area contributed by atoms with Crippen LogP contribution in [0.15, 0.2) is 12.3 Å². The van der Waals surface area contributed by atoms with Gasteiger partial charge in [-0.05, 0) is 25.9 Å². The van der Waals surface area contributed by atoms with E-state index in [-0.39, 0.29) is 0 Å². The van der Waals surface area contributed by atoms with Crippen LogP contribution >= 0.6 is 0 Å². The number of rotatable bonds is 7. The minimum atomic E-state index is 0.703. The Morgan fingerprint density at radius 1 is 1.20 bits per heavy atom. The van der Waals surface area contributed by atoms with Gasteiger partial charge in [0.25, 0.3) is 0 Å². The second-order valence-corrected chi connectivity index (χ2v) is 5.07. The lowest BCUT2D eigenvalue weighted by Gasteiger charge is -2.26. The maximum Gasteiger partial charge on any atom is 0.183 e. The van der Waals surface area contributed by atoms with E-state index >= 15 is 0 Å². The van der Waals surface area contributed by atoms with Gasteiger partial charge in [0.2, 0.25) is 0 Å². The van der Waals surface area contributed by atoms with Crippen molar-refractivity contribution in [2.75, 3.05) is 40.4 Å². The van der Waals surface area contributed by atoms with Crippen LogP contribution in [0, 0.1) is 0 Å². The molecule has 1 fully saturated rings. The fourth-order valence-electron chi connectivity index (χ4n) is 2.60. The van der Waals surface area contributed by atoms with Crippen LogP contribution in [0.5, 0.6) is 11.5 Å². The van der Waals surface area contributed by atoms with Gasteiger partial charge in [0.15, 0.2) is 11.5 Å². The minimum absolute atomic E-state index is 0.703. The molecule has 20 heavy (non-hydrogen) atoms. The largest absolute Gasteiger partial charge is 0.493 e. The molecule has 5 nitrogen and oxygen atoms in total. The molecule has 5 heteroatoms. The van der Waals surface area contributed by atoms with Crippen LogP contribution in [0.3, 0.4) is 0 Å². The van der Waals surface area contributed by atoms with Crippen LogP contribution in [-0.2, 0) is 6.54 Å². The second-order valence-electron chi connectivity index (χ2n) is 5.07. The highest BCUT2D eigenvalue weighted by molar-refractivity contribution is 5.42. The van der Waals surface area contributed by atoms with Gasteiger partial charge in [-0.2, -0.15) is 0 Å². The fraction of sp³-hybridized carbons (Fsp3) is 0.667. The van der Waals surface area contributed by atoms with Crippen molar-refractivity contribution in [3.05, 3.63) is 18.0 Å². The van der Waals surface area contributed by atoms with Crippen molar-refractivity contribution in [1.29, 1.82) is 0 Å². The molecule has 2 heterocycles. The first-order valence-electron chi connectivity index (χ1n) is 7.34. The molecule has 1 aliphatic rings. The number of methoxy groups -OCH3 is 2. The van der Waals surface area contributed by atoms with Gasteiger partial charge in [0.1, 0.15) is 0 Å². The summed E-state index contributed by atoms with van der Waals surface area (Å²) in [6.07, 6.45) is 5.81. The Bertz CT molecular complexity index is 406. The van der Waals surface area contributed by atoms with Gasteiger partial charge in [0.05, 0.1) is 19.9 Å². The van der Waals surface area contributed by atoms with E-state index in [0.717, 1.165) is 30.3 Å². The van der Waals surface area contributed by atoms with Crippen LogP contribution in [0.1, 0.15) is 25.0 Å². The summed E-state index contributed by atoms with van der Waals surface area (Å²) >= 11 is 0. The van der Waals surface area contributed by atoms with Crippen LogP contribution in [0.2, 0.25) is 0 Å². The zero-order valence-corrected chi connectivity index (χ0v) is 12.5. The van der Waals surface area contributed by atoms with Crippen LogP contribution in [-0.4, -0.2) is 50.3 Å². The number of pyridine rings is 1. The molecule has 1 aliphatic heterocycles. The molecule has 1 saturated heterocycles. The molecule has 0 radical (unpaired) electrons. The Kier molecular flexibility index (Phi) is 6.08. The Labute approximate surface area is 121 Å². The van der Waals surface area contributed by atoms with E-state index in [2.05, 4.69) is 15.2 Å². The van der Waals surface area contributed by atoms with Gasteiger partial charge >= 0.3 is 0 Å². The average molecular weight is 279 g/mol. The summed E-state index contributed by atoms with van der Waals surface area (Å²) in [6, 6.07) is 1.82. The molecule has 0 spiro atoms. The first kappa shape index (κ1) is 15.1. The molecule has 0 saturated carbocycles. The standard InChI is InChI=1S/C15H25N3O2/c1-19-14-6-7-17-13(15(14)20-2)12-16-8-11-18-9-4-3-5-10-18/h6-7,16H,3-5,8-12H2,1-2H3. The summed E-state index contributed by atoms with van der Waals surface area (Å²) in [7, 11) is 3.29. The predicted octanol–water partition coefficient (Wildman–Crippen LogP) is 1.67. The van der Waals surface area contributed by atoms with Crippen LogP contribution in [0.4, 0.5) is 0 Å². The third-order valence-corrected chi connectivity index (χ3v) is 3.71. The van der Waals surface area contributed by atoms with E-state index in [4.69, 9.17) is 9.47 Å². The van der Waals surface area contributed by atoms with E-state index in [1.54, 1.807) is 20.4 Å². The average Bonchev–Trinajstić information content (AvgIpc) is 2.52. The lowest BCUT2D eigenvalue weighted by molar-refractivity contribution is 0.228. The van der Waals surface area contributed by atoms with E-state index in [9.17, 15) is 0 Å². The summed E-state index contributed by atoms with van der Waals surface area (Å²) in [5.41, 5.74) is 0.894. The number of piperidine rings is 1. The zero-order chi connectivity index (χ0) is 14.2. The van der Waals surface area contributed by atoms with E-state index < -0.39 is 0 Å². The Morgan fingerprint density at radius 2 is 2.00 bits per heavy atom. The summed E-state index contributed by atoms with van der Waals surface area (Å²) in [5, 5.41) is 3.44. The van der Waals surface area contributed by atoms with Crippen molar-refractivity contribution >= 4 is 0 Å². The number of nitrogens with zero attached hydrogens (tertiary/aromatic N) is 2. The van der Waals surface area contributed by atoms with E-state index in [1.165, 1.54) is 32.4 Å².